The number of hydrogen-bond donors (Lipinski definition) is 1. The van der Waals surface area contributed by atoms with Crippen molar-refractivity contribution in [2.75, 3.05) is 11.9 Å². The number of anilines is 1. The van der Waals surface area contributed by atoms with Crippen LogP contribution >= 0.6 is 0 Å². The van der Waals surface area contributed by atoms with Gasteiger partial charge in [-0.3, -0.25) is 9.78 Å². The second-order valence-corrected chi connectivity index (χ2v) is 8.02. The van der Waals surface area contributed by atoms with E-state index in [2.05, 4.69) is 30.2 Å². The van der Waals surface area contributed by atoms with Crippen molar-refractivity contribution in [3.8, 4) is 11.5 Å². The number of nitrogens with zero attached hydrogens (tertiary/aromatic N) is 6. The highest BCUT2D eigenvalue weighted by Gasteiger charge is 2.47. The third-order valence-corrected chi connectivity index (χ3v) is 5.89. The summed E-state index contributed by atoms with van der Waals surface area (Å²) in [6.45, 7) is 0.555. The number of nitrogens with one attached hydrogen (secondary N) is 1. The molecule has 2 bridgehead atoms. The fourth-order valence-electron chi connectivity index (χ4n) is 4.50. The average molecular weight is 459 g/mol. The fraction of sp³-hybridized carbons (Fsp3) is 0.333. The number of aromatic nitrogens is 5. The molecule has 0 unspecified atom stereocenters. The number of alkyl halides is 3. The lowest BCUT2D eigenvalue weighted by atomic mass is 10.0. The van der Waals surface area contributed by atoms with Crippen LogP contribution in [-0.2, 0) is 6.18 Å². The smallest absolute Gasteiger partial charge is 0.364 e. The van der Waals surface area contributed by atoms with Crippen molar-refractivity contribution < 1.29 is 22.4 Å². The summed E-state index contributed by atoms with van der Waals surface area (Å²) in [5, 5.41) is 3.12. The molecule has 3 atom stereocenters. The van der Waals surface area contributed by atoms with Crippen molar-refractivity contribution in [1.82, 2.24) is 29.8 Å². The number of rotatable bonds is 4. The molecular formula is C21H17F4N7O. The lowest BCUT2D eigenvalue weighted by Crippen LogP contribution is -2.48. The van der Waals surface area contributed by atoms with Crippen LogP contribution in [0.1, 0.15) is 28.9 Å². The molecule has 2 fully saturated rings. The van der Waals surface area contributed by atoms with Gasteiger partial charge in [-0.25, -0.2) is 24.3 Å². The summed E-state index contributed by atoms with van der Waals surface area (Å²) in [7, 11) is 0. The standard InChI is InChI=1S/C21H17F4N7O/c22-12-6-29-19(30-7-12)18-13(2-1-3-26-18)20(33)32-10-11-4-14(15(32)5-11)31-17-9-27-16(8-28-17)21(23,24)25/h1-3,6-9,11,14-15H,4-5,10H2,(H,28,31)/t11-,14-,15+/m1/s1. The van der Waals surface area contributed by atoms with Crippen molar-refractivity contribution in [2.45, 2.75) is 31.1 Å². The molecule has 12 heteroatoms. The summed E-state index contributed by atoms with van der Waals surface area (Å²) in [5.41, 5.74) is -0.516. The van der Waals surface area contributed by atoms with Crippen LogP contribution in [0.2, 0.25) is 0 Å². The van der Waals surface area contributed by atoms with Crippen LogP contribution in [0.4, 0.5) is 23.4 Å². The van der Waals surface area contributed by atoms with Crippen molar-refractivity contribution in [2.24, 2.45) is 5.92 Å². The Balaban J connectivity index is 1.35. The summed E-state index contributed by atoms with van der Waals surface area (Å²) >= 11 is 0. The van der Waals surface area contributed by atoms with Gasteiger partial charge in [0, 0.05) is 18.8 Å². The molecule has 2 aliphatic rings. The second-order valence-electron chi connectivity index (χ2n) is 8.02. The Bertz CT molecular complexity index is 1170. The van der Waals surface area contributed by atoms with E-state index in [1.165, 1.54) is 6.20 Å². The number of carbonyl (C=O) groups is 1. The molecule has 3 aromatic rings. The van der Waals surface area contributed by atoms with Crippen molar-refractivity contribution in [3.05, 3.63) is 60.2 Å². The Kier molecular flexibility index (Phi) is 5.14. The van der Waals surface area contributed by atoms with Gasteiger partial charge in [-0.2, -0.15) is 13.2 Å². The van der Waals surface area contributed by atoms with Gasteiger partial charge in [-0.15, -0.1) is 0 Å². The Morgan fingerprint density at radius 3 is 2.48 bits per heavy atom. The van der Waals surface area contributed by atoms with E-state index in [1.807, 2.05) is 0 Å². The van der Waals surface area contributed by atoms with Crippen LogP contribution < -0.4 is 5.32 Å². The molecule has 33 heavy (non-hydrogen) atoms. The number of likely N-dealkylation sites (tertiary alicyclic amines) is 1. The van der Waals surface area contributed by atoms with Gasteiger partial charge in [0.15, 0.2) is 17.3 Å². The van der Waals surface area contributed by atoms with Crippen molar-refractivity contribution in [1.29, 1.82) is 0 Å². The summed E-state index contributed by atoms with van der Waals surface area (Å²) < 4.78 is 51.4. The van der Waals surface area contributed by atoms with E-state index in [9.17, 15) is 22.4 Å². The first kappa shape index (κ1) is 21.2. The molecule has 0 aromatic carbocycles. The van der Waals surface area contributed by atoms with Gasteiger partial charge in [-0.1, -0.05) is 0 Å². The molecule has 1 saturated carbocycles. The summed E-state index contributed by atoms with van der Waals surface area (Å²) in [4.78, 5) is 34.5. The van der Waals surface area contributed by atoms with Crippen LogP contribution in [0.15, 0.2) is 43.1 Å². The molecule has 1 saturated heterocycles. The van der Waals surface area contributed by atoms with Gasteiger partial charge in [0.05, 0.1) is 36.4 Å². The summed E-state index contributed by atoms with van der Waals surface area (Å²) in [6, 6.07) is 2.89. The minimum absolute atomic E-state index is 0.138. The van der Waals surface area contributed by atoms with Gasteiger partial charge in [-0.05, 0) is 30.9 Å². The highest BCUT2D eigenvalue weighted by atomic mass is 19.4. The highest BCUT2D eigenvalue weighted by Crippen LogP contribution is 2.40. The maximum atomic E-state index is 13.4. The van der Waals surface area contributed by atoms with E-state index in [0.29, 0.717) is 18.3 Å². The molecule has 4 heterocycles. The largest absolute Gasteiger partial charge is 0.434 e. The Hall–Kier alpha value is -3.70. The maximum Gasteiger partial charge on any atom is 0.434 e. The lowest BCUT2D eigenvalue weighted by Gasteiger charge is -2.34. The first-order chi connectivity index (χ1) is 15.8. The highest BCUT2D eigenvalue weighted by molar-refractivity contribution is 5.99. The first-order valence-electron chi connectivity index (χ1n) is 10.2. The number of pyridine rings is 1. The van der Waals surface area contributed by atoms with Crippen LogP contribution in [0.3, 0.4) is 0 Å². The van der Waals surface area contributed by atoms with Crippen molar-refractivity contribution in [3.63, 3.8) is 0 Å². The minimum Gasteiger partial charge on any atom is -0.364 e. The third-order valence-electron chi connectivity index (χ3n) is 5.89. The van der Waals surface area contributed by atoms with Crippen molar-refractivity contribution >= 4 is 11.7 Å². The fourth-order valence-corrected chi connectivity index (χ4v) is 4.50. The number of carbonyl (C=O) groups excluding carboxylic acids is 1. The number of amides is 1. The molecule has 3 aromatic heterocycles. The van der Waals surface area contributed by atoms with Gasteiger partial charge in [0.2, 0.25) is 0 Å². The zero-order chi connectivity index (χ0) is 23.2. The predicted molar refractivity (Wildman–Crippen MR) is 107 cm³/mol. The summed E-state index contributed by atoms with van der Waals surface area (Å²) in [6.07, 6.45) is 2.22. The molecule has 1 N–H and O–H groups in total. The Morgan fingerprint density at radius 2 is 1.82 bits per heavy atom. The monoisotopic (exact) mass is 459 g/mol. The molecule has 0 spiro atoms. The molecule has 1 amide bonds. The molecule has 1 aliphatic carbocycles. The van der Waals surface area contributed by atoms with Gasteiger partial charge >= 0.3 is 6.18 Å². The van der Waals surface area contributed by atoms with E-state index < -0.39 is 17.7 Å². The summed E-state index contributed by atoms with van der Waals surface area (Å²) in [5.74, 6) is -0.251. The Morgan fingerprint density at radius 1 is 1.03 bits per heavy atom. The maximum absolute atomic E-state index is 13.4. The number of piperidine rings is 1. The Labute approximate surface area is 185 Å². The van der Waals surface area contributed by atoms with E-state index in [-0.39, 0.29) is 41.2 Å². The van der Waals surface area contributed by atoms with Gasteiger partial charge in [0.1, 0.15) is 11.5 Å². The van der Waals surface area contributed by atoms with E-state index in [0.717, 1.165) is 31.4 Å². The molecule has 0 radical (unpaired) electrons. The minimum atomic E-state index is -4.56. The molecule has 8 nitrogen and oxygen atoms in total. The van der Waals surface area contributed by atoms with E-state index >= 15 is 0 Å². The molecule has 5 rings (SSSR count). The second kappa shape index (κ2) is 8.01. The van der Waals surface area contributed by atoms with Crippen LogP contribution in [0, 0.1) is 11.7 Å². The SMILES string of the molecule is O=C(c1cccnc1-c1ncc(F)cn1)N1C[C@@H]2C[C@@H](Nc3cnc(C(F)(F)F)cn3)[C@@H]1C2. The van der Waals surface area contributed by atoms with E-state index in [4.69, 9.17) is 0 Å². The third kappa shape index (κ3) is 4.08. The van der Waals surface area contributed by atoms with Gasteiger partial charge in [0.25, 0.3) is 5.91 Å². The normalized spacial score (nSPS) is 21.9. The lowest BCUT2D eigenvalue weighted by molar-refractivity contribution is -0.141. The average Bonchev–Trinajstić information content (AvgIpc) is 3.40. The van der Waals surface area contributed by atoms with Crippen LogP contribution in [0.5, 0.6) is 0 Å². The molecule has 170 valence electrons. The van der Waals surface area contributed by atoms with Gasteiger partial charge < -0.3 is 10.2 Å². The quantitative estimate of drug-likeness (QED) is 0.599. The number of fused-ring (bicyclic) bond motifs is 2. The van der Waals surface area contributed by atoms with Crippen LogP contribution in [-0.4, -0.2) is 54.4 Å². The predicted octanol–water partition coefficient (Wildman–Crippen LogP) is 3.20. The number of hydrogen-bond acceptors (Lipinski definition) is 7. The topological polar surface area (TPSA) is 96.8 Å². The molecule has 1 aliphatic heterocycles. The van der Waals surface area contributed by atoms with Crippen LogP contribution in [0.25, 0.3) is 11.5 Å². The zero-order valence-corrected chi connectivity index (χ0v) is 17.0. The first-order valence-corrected chi connectivity index (χ1v) is 10.2. The zero-order valence-electron chi connectivity index (χ0n) is 17.0. The molecular weight excluding hydrogens is 442 g/mol. The van der Waals surface area contributed by atoms with E-state index in [1.54, 1.807) is 17.0 Å². The number of halogens is 4.